The fraction of sp³-hybridized carbons (Fsp3) is 0.317. The molecule has 404 valence electrons. The van der Waals surface area contributed by atoms with Crippen molar-refractivity contribution >= 4 is 86.6 Å². The summed E-state index contributed by atoms with van der Waals surface area (Å²) in [6.45, 7) is 18.9. The summed E-state index contributed by atoms with van der Waals surface area (Å²) in [6, 6.07) is 21.0. The van der Waals surface area contributed by atoms with E-state index in [9.17, 15) is 28.8 Å². The molecule has 2 N–H and O–H groups in total. The van der Waals surface area contributed by atoms with Crippen LogP contribution in [0.15, 0.2) is 103 Å². The number of esters is 2. The van der Waals surface area contributed by atoms with E-state index >= 15 is 0 Å². The van der Waals surface area contributed by atoms with Crippen LogP contribution in [-0.2, 0) is 40.4 Å². The number of nitrogens with zero attached hydrogens (tertiary/aromatic N) is 5. The lowest BCUT2D eigenvalue weighted by molar-refractivity contribution is -0.172. The second-order valence-electron chi connectivity index (χ2n) is 22.6. The van der Waals surface area contributed by atoms with Crippen molar-refractivity contribution in [2.24, 2.45) is 21.7 Å². The number of carbonyl (C=O) groups is 6. The second-order valence-corrected chi connectivity index (χ2v) is 24.4. The number of ketones is 4. The number of halogens is 2. The molecule has 0 amide bonds. The molecule has 78 heavy (non-hydrogen) atoms. The van der Waals surface area contributed by atoms with Gasteiger partial charge in [0, 0.05) is 84.9 Å². The van der Waals surface area contributed by atoms with Gasteiger partial charge in [0.15, 0.2) is 11.6 Å². The lowest BCUT2D eigenvalue weighted by atomic mass is 9.78. The third-order valence-corrected chi connectivity index (χ3v) is 14.6. The number of benzene rings is 2. The number of aryl methyl sites for hydroxylation is 1. The summed E-state index contributed by atoms with van der Waals surface area (Å²) in [4.78, 5) is 102. The van der Waals surface area contributed by atoms with Gasteiger partial charge in [-0.05, 0) is 125 Å². The van der Waals surface area contributed by atoms with Crippen LogP contribution < -0.4 is 15.2 Å². The number of nitrogens with two attached hydrogens (primary N) is 1. The molecule has 6 aromatic heterocycles. The van der Waals surface area contributed by atoms with Gasteiger partial charge >= 0.3 is 11.9 Å². The monoisotopic (exact) mass is 1110 g/mol. The fourth-order valence-electron chi connectivity index (χ4n) is 8.98. The first-order chi connectivity index (χ1) is 36.5. The molecule has 0 saturated carbocycles. The van der Waals surface area contributed by atoms with Crippen LogP contribution >= 0.6 is 34.5 Å². The summed E-state index contributed by atoms with van der Waals surface area (Å²) in [6.07, 6.45) is 4.31. The molecular formula is C60H60Cl2N6O9S. The van der Waals surface area contributed by atoms with Crippen LogP contribution in [0.1, 0.15) is 150 Å². The Bertz CT molecular complexity index is 3690. The molecule has 0 atom stereocenters. The maximum absolute atomic E-state index is 14.9. The Morgan fingerprint density at radius 2 is 1.04 bits per heavy atom. The topological polar surface area (TPSA) is 204 Å². The zero-order valence-corrected chi connectivity index (χ0v) is 47.6. The highest BCUT2D eigenvalue weighted by Crippen LogP contribution is 2.41. The van der Waals surface area contributed by atoms with Gasteiger partial charge in [0.05, 0.1) is 38.9 Å². The molecule has 0 aliphatic carbocycles. The third kappa shape index (κ3) is 12.0. The maximum atomic E-state index is 14.9. The third-order valence-electron chi connectivity index (χ3n) is 13.2. The van der Waals surface area contributed by atoms with Crippen LogP contribution in [0.4, 0.5) is 5.95 Å². The van der Waals surface area contributed by atoms with E-state index in [0.29, 0.717) is 38.3 Å². The number of rotatable bonds is 18. The lowest BCUT2D eigenvalue weighted by Gasteiger charge is -2.28. The van der Waals surface area contributed by atoms with Gasteiger partial charge in [-0.1, -0.05) is 64.7 Å². The number of fused-ring (bicyclic) bond motifs is 2. The molecule has 0 aliphatic heterocycles. The van der Waals surface area contributed by atoms with Gasteiger partial charge in [0.25, 0.3) is 0 Å². The molecule has 0 spiro atoms. The first-order valence-corrected chi connectivity index (χ1v) is 26.7. The Kier molecular flexibility index (Phi) is 15.8. The molecule has 8 aromatic rings. The van der Waals surface area contributed by atoms with Gasteiger partial charge < -0.3 is 28.7 Å². The zero-order chi connectivity index (χ0) is 56.8. The average Bonchev–Trinajstić information content (AvgIpc) is 4.26. The summed E-state index contributed by atoms with van der Waals surface area (Å²) in [5, 5.41) is 3.49. The van der Waals surface area contributed by atoms with Crippen molar-refractivity contribution in [2.45, 2.75) is 102 Å². The number of nitrogen functional groups attached to an aromatic ring is 1. The summed E-state index contributed by atoms with van der Waals surface area (Å²) in [7, 11) is 0. The Morgan fingerprint density at radius 3 is 1.44 bits per heavy atom. The van der Waals surface area contributed by atoms with Crippen molar-refractivity contribution in [1.29, 1.82) is 0 Å². The number of hydrogen-bond donors (Lipinski definition) is 1. The molecule has 2 aromatic carbocycles. The molecule has 6 heterocycles. The number of carbonyl (C=O) groups excluding carboxylic acids is 6. The van der Waals surface area contributed by atoms with E-state index in [1.54, 1.807) is 169 Å². The normalized spacial score (nSPS) is 12.2. The molecule has 0 radical (unpaired) electrons. The maximum Gasteiger partial charge on any atom is 0.319 e. The van der Waals surface area contributed by atoms with E-state index in [-0.39, 0.29) is 88.3 Å². The number of hydrogen-bond acceptors (Lipinski definition) is 14. The van der Waals surface area contributed by atoms with E-state index in [4.69, 9.17) is 43.1 Å². The number of aromatic nitrogens is 5. The molecule has 0 saturated heterocycles. The van der Waals surface area contributed by atoms with Gasteiger partial charge in [-0.25, -0.2) is 15.0 Å². The van der Waals surface area contributed by atoms with Crippen LogP contribution in [0, 0.1) is 28.6 Å². The quantitative estimate of drug-likeness (QED) is 0.0483. The Labute approximate surface area is 466 Å². The van der Waals surface area contributed by atoms with E-state index in [0.717, 1.165) is 10.7 Å². The number of anilines is 1. The summed E-state index contributed by atoms with van der Waals surface area (Å²) in [5.74, 6) is -2.61. The summed E-state index contributed by atoms with van der Waals surface area (Å²) in [5.41, 5.74) is 4.42. The van der Waals surface area contributed by atoms with Gasteiger partial charge in [-0.2, -0.15) is 0 Å². The average molecular weight is 1110 g/mol. The predicted molar refractivity (Wildman–Crippen MR) is 300 cm³/mol. The van der Waals surface area contributed by atoms with Crippen molar-refractivity contribution in [1.82, 2.24) is 23.8 Å². The lowest BCUT2D eigenvalue weighted by Crippen LogP contribution is -2.38. The van der Waals surface area contributed by atoms with Crippen molar-refractivity contribution < 1.29 is 43.0 Å². The number of pyridine rings is 2. The molecule has 18 heteroatoms. The summed E-state index contributed by atoms with van der Waals surface area (Å²) >= 11 is 14.0. The molecule has 0 bridgehead atoms. The van der Waals surface area contributed by atoms with Crippen molar-refractivity contribution in [3.8, 4) is 11.5 Å². The van der Waals surface area contributed by atoms with Gasteiger partial charge in [0.2, 0.25) is 17.5 Å². The molecule has 0 aliphatic rings. The van der Waals surface area contributed by atoms with E-state index in [2.05, 4.69) is 15.0 Å². The Balaban J connectivity index is 1.19. The van der Waals surface area contributed by atoms with E-state index in [1.807, 2.05) is 12.3 Å². The van der Waals surface area contributed by atoms with Gasteiger partial charge in [-0.3, -0.25) is 28.8 Å². The number of thiazole rings is 1. The highest BCUT2D eigenvalue weighted by atomic mass is 35.5. The largest absolute Gasteiger partial charge is 0.487 e. The van der Waals surface area contributed by atoms with Crippen molar-refractivity contribution in [2.75, 3.05) is 5.73 Å². The predicted octanol–water partition coefficient (Wildman–Crippen LogP) is 12.6. The molecule has 0 unspecified atom stereocenters. The van der Waals surface area contributed by atoms with Crippen molar-refractivity contribution in [3.63, 3.8) is 0 Å². The summed E-state index contributed by atoms with van der Waals surface area (Å²) < 4.78 is 21.4. The Hall–Kier alpha value is -7.53. The minimum Gasteiger partial charge on any atom is -0.487 e. The smallest absolute Gasteiger partial charge is 0.319 e. The van der Waals surface area contributed by atoms with Crippen LogP contribution in [0.5, 0.6) is 11.5 Å². The van der Waals surface area contributed by atoms with E-state index in [1.165, 1.54) is 17.5 Å². The van der Waals surface area contributed by atoms with E-state index < -0.39 is 45.2 Å². The van der Waals surface area contributed by atoms with Crippen LogP contribution in [0.25, 0.3) is 11.0 Å². The molecule has 8 rings (SSSR count). The second kappa shape index (κ2) is 21.7. The number of ether oxygens (including phenoxy) is 3. The van der Waals surface area contributed by atoms with Crippen molar-refractivity contribution in [3.05, 3.63) is 174 Å². The molecule has 15 nitrogen and oxygen atoms in total. The standard InChI is InChI=1S/C60H60Cl2N6O9S/c1-33-32-78-45(65-33)31-76-40-22-25-68-44(27-40)47(53(72)58(5,6)7)42(49(68)51(70)35-14-18-37(62)19-15-35)29-60(10,11)55(74)77-54(73)59(8,9)28-41-46(52(71)57(2,3)4)43-26-39(75-30-38-20-23-64-56(63)66-38)21-24-67(43)48(41)50(69)34-12-16-36(61)17-13-34/h12-27,32H,28-31H2,1-11H3,(H2,63,64,66). The van der Waals surface area contributed by atoms with Gasteiger partial charge in [-0.15, -0.1) is 11.3 Å². The highest BCUT2D eigenvalue weighted by Gasteiger charge is 2.43. The SMILES string of the molecule is Cc1csc(COc2ccn3c(C(=O)c4ccc(Cl)cc4)c(CC(C)(C)C(=O)OC(=O)C(C)(C)Cc4c(C(=O)C(C)(C)C)c5cc(OCc6ccnc(N)n6)ccn5c4C(=O)c4ccc(Cl)cc4)c(C(=O)C(C)(C)C)c3c2)n1. The fourth-order valence-corrected chi connectivity index (χ4v) is 9.91. The Morgan fingerprint density at radius 1 is 0.603 bits per heavy atom. The highest BCUT2D eigenvalue weighted by molar-refractivity contribution is 7.09. The molecule has 0 fully saturated rings. The number of Topliss-reactive ketones (excluding diaryl/α,β-unsaturated/α-hetero) is 2. The zero-order valence-electron chi connectivity index (χ0n) is 45.3. The van der Waals surface area contributed by atoms with Crippen LogP contribution in [0.2, 0.25) is 10.0 Å². The van der Waals surface area contributed by atoms with Gasteiger partial charge in [0.1, 0.15) is 29.7 Å². The van der Waals surface area contributed by atoms with Crippen LogP contribution in [0.3, 0.4) is 0 Å². The first kappa shape index (κ1) is 56.7. The van der Waals surface area contributed by atoms with Crippen LogP contribution in [-0.4, -0.2) is 58.8 Å². The molecular weight excluding hydrogens is 1050 g/mol. The first-order valence-electron chi connectivity index (χ1n) is 25.1. The minimum absolute atomic E-state index is 0.0121. The minimum atomic E-state index is -1.58.